The lowest BCUT2D eigenvalue weighted by molar-refractivity contribution is -0.241. The van der Waals surface area contributed by atoms with Crippen LogP contribution in [0, 0.1) is 0 Å². The van der Waals surface area contributed by atoms with Crippen molar-refractivity contribution in [3.05, 3.63) is 24.3 Å². The molecule has 1 fully saturated rings. The van der Waals surface area contributed by atoms with Gasteiger partial charge >= 0.3 is 11.9 Å². The van der Waals surface area contributed by atoms with Crippen LogP contribution < -0.4 is 0 Å². The van der Waals surface area contributed by atoms with Crippen LogP contribution in [0.1, 0.15) is 0 Å². The summed E-state index contributed by atoms with van der Waals surface area (Å²) in [6, 6.07) is 0. The molecule has 94 valence electrons. The van der Waals surface area contributed by atoms with Gasteiger partial charge in [-0.15, -0.1) is 0 Å². The summed E-state index contributed by atoms with van der Waals surface area (Å²) >= 11 is 0. The molecule has 0 aromatic heterocycles. The number of aliphatic hydroxyl groups excluding tert-OH is 1. The molecule has 0 radical (unpaired) electrons. The van der Waals surface area contributed by atoms with Crippen LogP contribution in [0.3, 0.4) is 0 Å². The zero-order chi connectivity index (χ0) is 12.9. The molecule has 7 heteroatoms. The number of hydrogen-bond acceptors (Lipinski definition) is 5. The number of carbonyl (C=O) groups is 2. The van der Waals surface area contributed by atoms with Gasteiger partial charge in [-0.1, -0.05) is 0 Å². The van der Waals surface area contributed by atoms with Gasteiger partial charge < -0.3 is 24.8 Å². The summed E-state index contributed by atoms with van der Waals surface area (Å²) in [6.07, 6.45) is 2.13. The number of rotatable bonds is 4. The molecule has 0 spiro atoms. The Bertz CT molecular complexity index is 334. The van der Waals surface area contributed by atoms with Crippen molar-refractivity contribution in [1.29, 1.82) is 0 Å². The first-order chi connectivity index (χ1) is 7.96. The van der Waals surface area contributed by atoms with Crippen LogP contribution in [0.4, 0.5) is 0 Å². The molecule has 17 heavy (non-hydrogen) atoms. The van der Waals surface area contributed by atoms with E-state index in [0.29, 0.717) is 0 Å². The zero-order valence-electron chi connectivity index (χ0n) is 8.78. The van der Waals surface area contributed by atoms with Gasteiger partial charge in [0.2, 0.25) is 0 Å². The molecule has 0 amide bonds. The summed E-state index contributed by atoms with van der Waals surface area (Å²) in [7, 11) is 0. The van der Waals surface area contributed by atoms with Crippen molar-refractivity contribution >= 4 is 11.9 Å². The summed E-state index contributed by atoms with van der Waals surface area (Å²) in [5.74, 6) is -2.48. The Morgan fingerprint density at radius 2 is 1.65 bits per heavy atom. The van der Waals surface area contributed by atoms with Crippen molar-refractivity contribution in [1.82, 2.24) is 0 Å². The second kappa shape index (κ2) is 5.58. The van der Waals surface area contributed by atoms with E-state index < -0.39 is 23.8 Å². The van der Waals surface area contributed by atoms with E-state index >= 15 is 0 Å². The molecule has 1 aliphatic rings. The first kappa shape index (κ1) is 13.4. The lowest BCUT2D eigenvalue weighted by atomic mass is 10.0. The van der Waals surface area contributed by atoms with E-state index in [-0.39, 0.29) is 13.2 Å². The van der Waals surface area contributed by atoms with Crippen molar-refractivity contribution in [2.45, 2.75) is 11.9 Å². The summed E-state index contributed by atoms with van der Waals surface area (Å²) in [4.78, 5) is 20.8. The Morgan fingerprint density at radius 3 is 2.06 bits per heavy atom. The van der Waals surface area contributed by atoms with Gasteiger partial charge in [-0.25, -0.2) is 9.59 Å². The molecule has 0 aromatic carbocycles. The molecule has 1 rings (SSSR count). The maximum Gasteiger partial charge on any atom is 0.328 e. The van der Waals surface area contributed by atoms with Gasteiger partial charge in [0, 0.05) is 12.2 Å². The highest BCUT2D eigenvalue weighted by Crippen LogP contribution is 2.25. The fraction of sp³-hybridized carbons (Fsp3) is 0.400. The highest BCUT2D eigenvalue weighted by Gasteiger charge is 2.38. The van der Waals surface area contributed by atoms with E-state index in [2.05, 4.69) is 0 Å². The molecule has 0 saturated carbocycles. The fourth-order valence-corrected chi connectivity index (χ4v) is 1.30. The highest BCUT2D eigenvalue weighted by atomic mass is 16.7. The molecule has 0 bridgehead atoms. The average Bonchev–Trinajstić information content (AvgIpc) is 2.26. The SMILES string of the molecule is O=C(O)C=CC1(C=CC(=O)O)OCCOC1O. The van der Waals surface area contributed by atoms with E-state index in [1.165, 1.54) is 0 Å². The van der Waals surface area contributed by atoms with Crippen LogP contribution in [-0.2, 0) is 19.1 Å². The fourth-order valence-electron chi connectivity index (χ4n) is 1.30. The average molecular weight is 244 g/mol. The number of ether oxygens (including phenoxy) is 2. The maximum absolute atomic E-state index is 10.4. The minimum absolute atomic E-state index is 0.116. The van der Waals surface area contributed by atoms with Crippen LogP contribution >= 0.6 is 0 Å². The summed E-state index contributed by atoms with van der Waals surface area (Å²) in [5.41, 5.74) is -1.59. The molecule has 1 atom stereocenters. The molecule has 0 aromatic rings. The minimum Gasteiger partial charge on any atom is -0.478 e. The Labute approximate surface area is 96.6 Å². The third-order valence-corrected chi connectivity index (χ3v) is 2.07. The van der Waals surface area contributed by atoms with E-state index in [0.717, 1.165) is 24.3 Å². The Hall–Kier alpha value is -1.70. The predicted octanol–water partition coefficient (Wildman–Crippen LogP) is -0.628. The number of hydrogen-bond donors (Lipinski definition) is 3. The van der Waals surface area contributed by atoms with E-state index in [9.17, 15) is 14.7 Å². The molecule has 1 heterocycles. The summed E-state index contributed by atoms with van der Waals surface area (Å²) in [5, 5.41) is 26.6. The van der Waals surface area contributed by atoms with Crippen LogP contribution in [0.25, 0.3) is 0 Å². The first-order valence-corrected chi connectivity index (χ1v) is 4.74. The van der Waals surface area contributed by atoms with Gasteiger partial charge in [0.05, 0.1) is 13.2 Å². The minimum atomic E-state index is -1.59. The van der Waals surface area contributed by atoms with Crippen molar-refractivity contribution in [3.63, 3.8) is 0 Å². The number of carboxylic acids is 2. The Balaban J connectivity index is 2.97. The van der Waals surface area contributed by atoms with Gasteiger partial charge in [-0.05, 0) is 12.2 Å². The normalized spacial score (nSPS) is 29.8. The Morgan fingerprint density at radius 1 is 1.12 bits per heavy atom. The highest BCUT2D eigenvalue weighted by molar-refractivity contribution is 5.81. The summed E-state index contributed by atoms with van der Waals surface area (Å²) < 4.78 is 10.1. The van der Waals surface area contributed by atoms with E-state index in [1.807, 2.05) is 0 Å². The van der Waals surface area contributed by atoms with Crippen LogP contribution in [0.15, 0.2) is 24.3 Å². The number of carboxylic acid groups (broad SMARTS) is 2. The third kappa shape index (κ3) is 3.66. The Kier molecular flexibility index (Phi) is 4.38. The topological polar surface area (TPSA) is 113 Å². The monoisotopic (exact) mass is 244 g/mol. The molecular weight excluding hydrogens is 232 g/mol. The van der Waals surface area contributed by atoms with Crippen molar-refractivity contribution in [3.8, 4) is 0 Å². The molecule has 0 aliphatic carbocycles. The summed E-state index contributed by atoms with van der Waals surface area (Å²) in [6.45, 7) is 0.260. The zero-order valence-corrected chi connectivity index (χ0v) is 8.78. The smallest absolute Gasteiger partial charge is 0.328 e. The largest absolute Gasteiger partial charge is 0.478 e. The van der Waals surface area contributed by atoms with E-state index in [1.54, 1.807) is 0 Å². The van der Waals surface area contributed by atoms with Crippen LogP contribution in [0.5, 0.6) is 0 Å². The molecule has 1 saturated heterocycles. The quantitative estimate of drug-likeness (QED) is 0.564. The van der Waals surface area contributed by atoms with Gasteiger partial charge in [-0.2, -0.15) is 0 Å². The maximum atomic E-state index is 10.4. The second-order valence-corrected chi connectivity index (χ2v) is 3.27. The first-order valence-electron chi connectivity index (χ1n) is 4.74. The lowest BCUT2D eigenvalue weighted by Gasteiger charge is -2.36. The van der Waals surface area contributed by atoms with Crippen LogP contribution in [-0.4, -0.2) is 52.4 Å². The predicted molar refractivity (Wildman–Crippen MR) is 54.2 cm³/mol. The van der Waals surface area contributed by atoms with Crippen molar-refractivity contribution in [2.75, 3.05) is 13.2 Å². The molecular formula is C10H12O7. The molecule has 7 nitrogen and oxygen atoms in total. The number of aliphatic hydroxyl groups is 1. The van der Waals surface area contributed by atoms with Crippen molar-refractivity contribution in [2.24, 2.45) is 0 Å². The third-order valence-electron chi connectivity index (χ3n) is 2.07. The van der Waals surface area contributed by atoms with Gasteiger partial charge in [0.15, 0.2) is 11.9 Å². The second-order valence-electron chi connectivity index (χ2n) is 3.27. The van der Waals surface area contributed by atoms with Gasteiger partial charge in [-0.3, -0.25) is 0 Å². The molecule has 3 N–H and O–H groups in total. The lowest BCUT2D eigenvalue weighted by Crippen LogP contribution is -2.48. The molecule has 1 unspecified atom stereocenters. The molecule has 1 aliphatic heterocycles. The van der Waals surface area contributed by atoms with E-state index in [4.69, 9.17) is 19.7 Å². The van der Waals surface area contributed by atoms with Gasteiger partial charge in [0.25, 0.3) is 0 Å². The number of aliphatic carboxylic acids is 2. The van der Waals surface area contributed by atoms with Gasteiger partial charge in [0.1, 0.15) is 0 Å². The van der Waals surface area contributed by atoms with Crippen molar-refractivity contribution < 1.29 is 34.4 Å². The van der Waals surface area contributed by atoms with Crippen LogP contribution in [0.2, 0.25) is 0 Å². The standard InChI is InChI=1S/C10H12O7/c11-7(12)1-3-10(4-2-8(13)14)9(15)16-5-6-17-10/h1-4,9,15H,5-6H2,(H,11,12)(H,13,14).